The molecule has 7 nitrogen and oxygen atoms in total. The highest BCUT2D eigenvalue weighted by Gasteiger charge is 2.26. The molecule has 0 aliphatic carbocycles. The number of esters is 1. The number of carbonyl (C=O) groups is 2. The Kier molecular flexibility index (Phi) is 6.79. The van der Waals surface area contributed by atoms with Gasteiger partial charge in [-0.3, -0.25) is 9.59 Å². The normalized spacial score (nSPS) is 13.0. The van der Waals surface area contributed by atoms with E-state index >= 15 is 0 Å². The number of rotatable bonds is 7. The fraction of sp³-hybridized carbons (Fsp3) is 0.500. The fourth-order valence-corrected chi connectivity index (χ4v) is 4.27. The van der Waals surface area contributed by atoms with E-state index in [4.69, 9.17) is 16.3 Å². The van der Waals surface area contributed by atoms with Crippen molar-refractivity contribution in [3.8, 4) is 0 Å². The van der Waals surface area contributed by atoms with E-state index in [1.54, 1.807) is 6.92 Å². The smallest absolute Gasteiger partial charge is 0.322 e. The van der Waals surface area contributed by atoms with Gasteiger partial charge in [0, 0.05) is 13.6 Å². The summed E-state index contributed by atoms with van der Waals surface area (Å²) in [6, 6.07) is 2.82. The first kappa shape index (κ1) is 18.9. The van der Waals surface area contributed by atoms with Crippen LogP contribution in [0.25, 0.3) is 0 Å². The van der Waals surface area contributed by atoms with Crippen LogP contribution in [-0.2, 0) is 24.3 Å². The monoisotopic (exact) mass is 368 g/mol. The number of carbonyl (C=O) groups excluding carboxylic acids is 2. The number of hydrogen-bond donors (Lipinski definition) is 1. The van der Waals surface area contributed by atoms with Crippen molar-refractivity contribution in [1.82, 2.24) is 9.62 Å². The molecule has 1 rings (SSSR count). The van der Waals surface area contributed by atoms with Gasteiger partial charge in [-0.2, -0.15) is 4.31 Å². The molecule has 0 aromatic carbocycles. The highest BCUT2D eigenvalue weighted by Crippen LogP contribution is 2.27. The minimum absolute atomic E-state index is 0.0320. The van der Waals surface area contributed by atoms with Crippen LogP contribution < -0.4 is 5.32 Å². The molecule has 0 unspecified atom stereocenters. The molecule has 0 saturated heterocycles. The van der Waals surface area contributed by atoms with E-state index < -0.39 is 34.5 Å². The van der Waals surface area contributed by atoms with Gasteiger partial charge in [0.05, 0.1) is 4.34 Å². The standard InChI is InChI=1S/C12H17ClN2O5S2/c1-4-14-12(17)8(2)20-10(16)7-15(3)22(18,19)11-6-5-9(13)21-11/h5-6,8H,4,7H2,1-3H3,(H,14,17)/t8-/m0/s1. The number of likely N-dealkylation sites (N-methyl/N-ethyl adjacent to an activating group) is 2. The molecule has 1 atom stereocenters. The maximum Gasteiger partial charge on any atom is 0.322 e. The molecule has 0 saturated carbocycles. The van der Waals surface area contributed by atoms with Crippen molar-refractivity contribution >= 4 is 44.8 Å². The van der Waals surface area contributed by atoms with E-state index in [0.29, 0.717) is 10.9 Å². The zero-order valence-corrected chi connectivity index (χ0v) is 14.7. The van der Waals surface area contributed by atoms with E-state index in [1.165, 1.54) is 26.1 Å². The van der Waals surface area contributed by atoms with Gasteiger partial charge in [-0.25, -0.2) is 8.42 Å². The lowest BCUT2D eigenvalue weighted by Crippen LogP contribution is -2.39. The van der Waals surface area contributed by atoms with E-state index in [0.717, 1.165) is 15.6 Å². The molecule has 10 heteroatoms. The number of halogens is 1. The van der Waals surface area contributed by atoms with Crippen molar-refractivity contribution in [3.05, 3.63) is 16.5 Å². The first-order valence-electron chi connectivity index (χ1n) is 6.37. The SMILES string of the molecule is CCNC(=O)[C@H](C)OC(=O)CN(C)S(=O)(=O)c1ccc(Cl)s1. The number of nitrogens with one attached hydrogen (secondary N) is 1. The van der Waals surface area contributed by atoms with Crippen molar-refractivity contribution in [1.29, 1.82) is 0 Å². The Morgan fingerprint density at radius 3 is 2.59 bits per heavy atom. The summed E-state index contributed by atoms with van der Waals surface area (Å²) in [6.07, 6.45) is -0.986. The van der Waals surface area contributed by atoms with Gasteiger partial charge in [0.25, 0.3) is 15.9 Å². The van der Waals surface area contributed by atoms with Crippen LogP contribution in [-0.4, -0.2) is 50.8 Å². The van der Waals surface area contributed by atoms with Crippen LogP contribution in [0.4, 0.5) is 0 Å². The van der Waals surface area contributed by atoms with Crippen LogP contribution in [0.15, 0.2) is 16.3 Å². The summed E-state index contributed by atoms with van der Waals surface area (Å²) < 4.78 is 30.5. The second-order valence-electron chi connectivity index (χ2n) is 4.35. The summed E-state index contributed by atoms with van der Waals surface area (Å²) in [6.45, 7) is 3.06. The van der Waals surface area contributed by atoms with E-state index in [2.05, 4.69) is 5.32 Å². The Hall–Kier alpha value is -1.16. The Bertz CT molecular complexity index is 644. The van der Waals surface area contributed by atoms with Crippen molar-refractivity contribution in [2.75, 3.05) is 20.1 Å². The van der Waals surface area contributed by atoms with Gasteiger partial charge in [-0.05, 0) is 26.0 Å². The van der Waals surface area contributed by atoms with Gasteiger partial charge < -0.3 is 10.1 Å². The molecule has 1 amide bonds. The summed E-state index contributed by atoms with van der Waals surface area (Å²) >= 11 is 6.60. The number of amides is 1. The highest BCUT2D eigenvalue weighted by molar-refractivity contribution is 7.91. The lowest BCUT2D eigenvalue weighted by atomic mass is 10.4. The van der Waals surface area contributed by atoms with E-state index in [-0.39, 0.29) is 4.21 Å². The topological polar surface area (TPSA) is 92.8 Å². The van der Waals surface area contributed by atoms with Crippen molar-refractivity contribution in [2.45, 2.75) is 24.2 Å². The van der Waals surface area contributed by atoms with Crippen LogP contribution in [0.5, 0.6) is 0 Å². The molecule has 1 aromatic heterocycles. The number of ether oxygens (including phenoxy) is 1. The molecular formula is C12H17ClN2O5S2. The van der Waals surface area contributed by atoms with Crippen LogP contribution in [0.2, 0.25) is 4.34 Å². The van der Waals surface area contributed by atoms with Gasteiger partial charge in [0.15, 0.2) is 6.10 Å². The Balaban J connectivity index is 2.66. The average Bonchev–Trinajstić information content (AvgIpc) is 2.86. The third-order valence-corrected chi connectivity index (χ3v) is 6.10. The lowest BCUT2D eigenvalue weighted by molar-refractivity contribution is -0.154. The van der Waals surface area contributed by atoms with Gasteiger partial charge in [0.1, 0.15) is 10.8 Å². The molecular weight excluding hydrogens is 352 g/mol. The Morgan fingerprint density at radius 2 is 2.09 bits per heavy atom. The lowest BCUT2D eigenvalue weighted by Gasteiger charge is -2.17. The summed E-state index contributed by atoms with van der Waals surface area (Å²) in [5.74, 6) is -1.25. The van der Waals surface area contributed by atoms with Gasteiger partial charge in [-0.15, -0.1) is 11.3 Å². The number of hydrogen-bond acceptors (Lipinski definition) is 6. The first-order valence-corrected chi connectivity index (χ1v) is 9.00. The summed E-state index contributed by atoms with van der Waals surface area (Å²) in [5.41, 5.74) is 0. The first-order chi connectivity index (χ1) is 10.2. The van der Waals surface area contributed by atoms with Crippen LogP contribution in [0.1, 0.15) is 13.8 Å². The molecule has 124 valence electrons. The molecule has 0 aliphatic heterocycles. The number of nitrogens with zero attached hydrogens (tertiary/aromatic N) is 1. The predicted molar refractivity (Wildman–Crippen MR) is 83.4 cm³/mol. The minimum atomic E-state index is -3.81. The fourth-order valence-electron chi connectivity index (χ4n) is 1.46. The maximum absolute atomic E-state index is 12.2. The van der Waals surface area contributed by atoms with Gasteiger partial charge in [0.2, 0.25) is 0 Å². The zero-order chi connectivity index (χ0) is 16.9. The Morgan fingerprint density at radius 1 is 1.45 bits per heavy atom. The summed E-state index contributed by atoms with van der Waals surface area (Å²) in [7, 11) is -2.56. The number of sulfonamides is 1. The molecule has 1 aromatic rings. The zero-order valence-electron chi connectivity index (χ0n) is 12.3. The Labute approximate surface area is 138 Å². The van der Waals surface area contributed by atoms with Crippen LogP contribution in [0, 0.1) is 0 Å². The van der Waals surface area contributed by atoms with Crippen LogP contribution in [0.3, 0.4) is 0 Å². The van der Waals surface area contributed by atoms with Gasteiger partial charge >= 0.3 is 5.97 Å². The molecule has 22 heavy (non-hydrogen) atoms. The second kappa shape index (κ2) is 7.91. The number of thiophene rings is 1. The third kappa shape index (κ3) is 4.94. The maximum atomic E-state index is 12.2. The molecule has 1 N–H and O–H groups in total. The quantitative estimate of drug-likeness (QED) is 0.727. The molecule has 0 bridgehead atoms. The highest BCUT2D eigenvalue weighted by atomic mass is 35.5. The van der Waals surface area contributed by atoms with Crippen LogP contribution >= 0.6 is 22.9 Å². The molecule has 0 fully saturated rings. The molecule has 1 heterocycles. The summed E-state index contributed by atoms with van der Waals surface area (Å²) in [5, 5.41) is 2.50. The van der Waals surface area contributed by atoms with E-state index in [9.17, 15) is 18.0 Å². The molecule has 0 radical (unpaired) electrons. The third-order valence-electron chi connectivity index (χ3n) is 2.59. The largest absolute Gasteiger partial charge is 0.452 e. The van der Waals surface area contributed by atoms with Crippen molar-refractivity contribution in [2.24, 2.45) is 0 Å². The predicted octanol–water partition coefficient (Wildman–Crippen LogP) is 1.09. The molecule has 0 aliphatic rings. The van der Waals surface area contributed by atoms with Crippen molar-refractivity contribution < 1.29 is 22.7 Å². The van der Waals surface area contributed by atoms with E-state index in [1.807, 2.05) is 0 Å². The minimum Gasteiger partial charge on any atom is -0.452 e. The summed E-state index contributed by atoms with van der Waals surface area (Å²) in [4.78, 5) is 23.2. The van der Waals surface area contributed by atoms with Gasteiger partial charge in [-0.1, -0.05) is 11.6 Å². The van der Waals surface area contributed by atoms with Crippen molar-refractivity contribution in [3.63, 3.8) is 0 Å². The second-order valence-corrected chi connectivity index (χ2v) is 8.33. The molecule has 0 spiro atoms. The average molecular weight is 369 g/mol.